The molecule has 0 unspecified atom stereocenters. The van der Waals surface area contributed by atoms with Crippen LogP contribution < -0.4 is 0 Å². The Balaban J connectivity index is 2.47. The van der Waals surface area contributed by atoms with E-state index in [-0.39, 0.29) is 9.79 Å². The number of benzene rings is 2. The molecule has 0 amide bonds. The van der Waals surface area contributed by atoms with Gasteiger partial charge in [-0.25, -0.2) is 16.8 Å². The molecular weight excluding hydrogens is 332 g/mol. The third-order valence-corrected chi connectivity index (χ3v) is 6.63. The Kier molecular flexibility index (Phi) is 4.51. The van der Waals surface area contributed by atoms with Crippen molar-refractivity contribution >= 4 is 31.3 Å². The molecule has 0 radical (unpaired) electrons. The predicted molar refractivity (Wildman–Crippen MR) is 81.2 cm³/mol. The molecule has 0 atom stereocenters. The van der Waals surface area contributed by atoms with Crippen LogP contribution in [0, 0.1) is 0 Å². The summed E-state index contributed by atoms with van der Waals surface area (Å²) in [4.78, 5) is -0.0825. The summed E-state index contributed by atoms with van der Waals surface area (Å²) >= 11 is 5.74. The van der Waals surface area contributed by atoms with Gasteiger partial charge in [0.1, 0.15) is 4.36 Å². The van der Waals surface area contributed by atoms with Gasteiger partial charge in [0, 0.05) is 0 Å². The molecule has 0 aliphatic carbocycles. The first-order chi connectivity index (χ1) is 9.84. The third-order valence-electron chi connectivity index (χ3n) is 2.63. The fourth-order valence-corrected chi connectivity index (χ4v) is 4.74. The van der Waals surface area contributed by atoms with Gasteiger partial charge in [0.25, 0.3) is 0 Å². The second kappa shape index (κ2) is 6.01. The quantitative estimate of drug-likeness (QED) is 0.856. The highest BCUT2D eigenvalue weighted by molar-refractivity contribution is 7.99. The predicted octanol–water partition coefficient (Wildman–Crippen LogP) is 2.97. The Morgan fingerprint density at radius 2 is 1.19 bits per heavy atom. The van der Waals surface area contributed by atoms with E-state index in [2.05, 4.69) is 0 Å². The maximum absolute atomic E-state index is 12.2. The Morgan fingerprint density at radius 1 is 0.762 bits per heavy atom. The second-order valence-corrected chi connectivity index (χ2v) is 8.44. The van der Waals surface area contributed by atoms with Crippen LogP contribution in [0.25, 0.3) is 0 Å². The normalized spacial score (nSPS) is 13.1. The van der Waals surface area contributed by atoms with Crippen LogP contribution in [0.15, 0.2) is 80.2 Å². The van der Waals surface area contributed by atoms with Crippen LogP contribution in [0.3, 0.4) is 0 Å². The maximum Gasteiger partial charge on any atom is 0.218 e. The zero-order valence-electron chi connectivity index (χ0n) is 10.7. The number of sulfone groups is 2. The molecule has 0 heterocycles. The number of hydrogen-bond donors (Lipinski definition) is 0. The summed E-state index contributed by atoms with van der Waals surface area (Å²) in [6.07, 6.45) is 0. The van der Waals surface area contributed by atoms with Gasteiger partial charge in [-0.1, -0.05) is 48.0 Å². The van der Waals surface area contributed by atoms with Crippen LogP contribution >= 0.6 is 11.6 Å². The SMILES string of the molecule is O=S(=O)(/C=C(/Cl)S(=O)(=O)c1ccccc1)c1ccccc1. The van der Waals surface area contributed by atoms with Crippen molar-refractivity contribution in [3.05, 3.63) is 70.4 Å². The fourth-order valence-electron chi connectivity index (χ4n) is 1.58. The Bertz CT molecular complexity index is 856. The molecule has 2 aromatic rings. The lowest BCUT2D eigenvalue weighted by atomic mass is 10.4. The standard InChI is InChI=1S/C14H11ClO4S2/c15-14(21(18,19)13-9-5-2-6-10-13)11-20(16,17)12-7-3-1-4-8-12/h1-11H/b14-11-. The van der Waals surface area contributed by atoms with Crippen molar-refractivity contribution in [2.24, 2.45) is 0 Å². The van der Waals surface area contributed by atoms with Gasteiger partial charge in [-0.2, -0.15) is 0 Å². The van der Waals surface area contributed by atoms with E-state index in [0.29, 0.717) is 5.41 Å². The van der Waals surface area contributed by atoms with Gasteiger partial charge < -0.3 is 0 Å². The van der Waals surface area contributed by atoms with E-state index < -0.39 is 24.0 Å². The first-order valence-corrected chi connectivity index (χ1v) is 9.22. The zero-order chi connectivity index (χ0) is 15.5. The Morgan fingerprint density at radius 3 is 1.67 bits per heavy atom. The molecule has 0 aliphatic rings. The molecule has 2 aromatic carbocycles. The molecule has 0 bridgehead atoms. The van der Waals surface area contributed by atoms with Crippen LogP contribution in [-0.2, 0) is 19.7 Å². The van der Waals surface area contributed by atoms with Crippen LogP contribution in [0.1, 0.15) is 0 Å². The number of hydrogen-bond acceptors (Lipinski definition) is 4. The molecule has 0 spiro atoms. The van der Waals surface area contributed by atoms with Crippen molar-refractivity contribution in [3.8, 4) is 0 Å². The maximum atomic E-state index is 12.2. The molecule has 0 saturated carbocycles. The Hall–Kier alpha value is -1.63. The molecule has 2 rings (SSSR count). The van der Waals surface area contributed by atoms with Crippen LogP contribution in [-0.4, -0.2) is 16.8 Å². The lowest BCUT2D eigenvalue weighted by Gasteiger charge is -2.03. The van der Waals surface area contributed by atoms with Crippen molar-refractivity contribution < 1.29 is 16.8 Å². The van der Waals surface area contributed by atoms with Gasteiger partial charge in [0.15, 0.2) is 0 Å². The van der Waals surface area contributed by atoms with Gasteiger partial charge in [-0.15, -0.1) is 0 Å². The number of rotatable bonds is 4. The van der Waals surface area contributed by atoms with Crippen LogP contribution in [0.5, 0.6) is 0 Å². The van der Waals surface area contributed by atoms with Gasteiger partial charge in [-0.05, 0) is 24.3 Å². The van der Waals surface area contributed by atoms with Gasteiger partial charge in [0.05, 0.1) is 15.2 Å². The highest BCUT2D eigenvalue weighted by atomic mass is 35.5. The molecule has 0 N–H and O–H groups in total. The van der Waals surface area contributed by atoms with E-state index in [1.54, 1.807) is 24.3 Å². The van der Waals surface area contributed by atoms with Crippen molar-refractivity contribution in [3.63, 3.8) is 0 Å². The number of halogens is 1. The molecule has 0 saturated heterocycles. The minimum atomic E-state index is -4.03. The van der Waals surface area contributed by atoms with E-state index in [1.165, 1.54) is 36.4 Å². The van der Waals surface area contributed by atoms with E-state index >= 15 is 0 Å². The summed E-state index contributed by atoms with van der Waals surface area (Å²) in [5.41, 5.74) is 0. The van der Waals surface area contributed by atoms with Gasteiger partial charge in [0.2, 0.25) is 19.7 Å². The zero-order valence-corrected chi connectivity index (χ0v) is 13.1. The average molecular weight is 343 g/mol. The second-order valence-electron chi connectivity index (χ2n) is 4.10. The fraction of sp³-hybridized carbons (Fsp3) is 0. The van der Waals surface area contributed by atoms with Crippen molar-refractivity contribution in [1.82, 2.24) is 0 Å². The first kappa shape index (κ1) is 15.8. The van der Waals surface area contributed by atoms with Crippen molar-refractivity contribution in [1.29, 1.82) is 0 Å². The van der Waals surface area contributed by atoms with Crippen molar-refractivity contribution in [2.45, 2.75) is 9.79 Å². The summed E-state index contributed by atoms with van der Waals surface area (Å²) in [6, 6.07) is 14.9. The molecule has 0 fully saturated rings. The van der Waals surface area contributed by atoms with Crippen LogP contribution in [0.4, 0.5) is 0 Å². The molecule has 0 aliphatic heterocycles. The topological polar surface area (TPSA) is 68.3 Å². The summed E-state index contributed by atoms with van der Waals surface area (Å²) in [6.45, 7) is 0. The van der Waals surface area contributed by atoms with E-state index in [4.69, 9.17) is 11.6 Å². The van der Waals surface area contributed by atoms with Crippen molar-refractivity contribution in [2.75, 3.05) is 0 Å². The van der Waals surface area contributed by atoms with E-state index in [1.807, 2.05) is 0 Å². The molecule has 0 aromatic heterocycles. The molecule has 7 heteroatoms. The Labute approximate surface area is 128 Å². The summed E-state index contributed by atoms with van der Waals surface area (Å²) in [5, 5.41) is 0.562. The molecule has 4 nitrogen and oxygen atoms in total. The third kappa shape index (κ3) is 3.53. The molecular formula is C14H11ClO4S2. The van der Waals surface area contributed by atoms with E-state index in [9.17, 15) is 16.8 Å². The molecule has 110 valence electrons. The summed E-state index contributed by atoms with van der Waals surface area (Å²) < 4.78 is 47.8. The minimum absolute atomic E-state index is 0.0218. The lowest BCUT2D eigenvalue weighted by Crippen LogP contribution is -2.04. The average Bonchev–Trinajstić information content (AvgIpc) is 2.48. The van der Waals surface area contributed by atoms with Gasteiger partial charge in [-0.3, -0.25) is 0 Å². The minimum Gasteiger partial charge on any atom is -0.219 e. The molecule has 21 heavy (non-hydrogen) atoms. The van der Waals surface area contributed by atoms with Gasteiger partial charge >= 0.3 is 0 Å². The largest absolute Gasteiger partial charge is 0.219 e. The summed E-state index contributed by atoms with van der Waals surface area (Å²) in [5.74, 6) is 0. The highest BCUT2D eigenvalue weighted by Crippen LogP contribution is 2.24. The smallest absolute Gasteiger partial charge is 0.218 e. The lowest BCUT2D eigenvalue weighted by molar-refractivity contribution is 0.600. The highest BCUT2D eigenvalue weighted by Gasteiger charge is 2.22. The van der Waals surface area contributed by atoms with Crippen LogP contribution in [0.2, 0.25) is 0 Å². The summed E-state index contributed by atoms with van der Waals surface area (Å²) in [7, 11) is -7.96. The monoisotopic (exact) mass is 342 g/mol. The van der Waals surface area contributed by atoms with E-state index in [0.717, 1.165) is 0 Å². The first-order valence-electron chi connectivity index (χ1n) is 5.81.